The van der Waals surface area contributed by atoms with Crippen LogP contribution in [0.3, 0.4) is 0 Å². The first-order valence-electron chi connectivity index (χ1n) is 11.4. The van der Waals surface area contributed by atoms with Gasteiger partial charge in [-0.2, -0.15) is 5.26 Å². The van der Waals surface area contributed by atoms with Gasteiger partial charge in [-0.05, 0) is 42.5 Å². The van der Waals surface area contributed by atoms with Gasteiger partial charge in [0.15, 0.2) is 0 Å². The fourth-order valence-corrected chi connectivity index (χ4v) is 4.90. The van der Waals surface area contributed by atoms with E-state index in [9.17, 15) is 20.2 Å². The molecule has 2 aliphatic heterocycles. The Hall–Kier alpha value is -3.60. The Morgan fingerprint density at radius 2 is 2.03 bits per heavy atom. The Morgan fingerprint density at radius 3 is 2.76 bits per heavy atom. The number of carbonyl (C=O) groups excluding carboxylic acids is 1. The van der Waals surface area contributed by atoms with E-state index in [4.69, 9.17) is 0 Å². The van der Waals surface area contributed by atoms with Crippen molar-refractivity contribution in [1.29, 1.82) is 5.26 Å². The molecular weight excluding hydrogens is 418 g/mol. The smallest absolute Gasteiger partial charge is 0.269 e. The predicted molar refractivity (Wildman–Crippen MR) is 127 cm³/mol. The molecule has 0 spiro atoms. The lowest BCUT2D eigenvalue weighted by Gasteiger charge is -2.49. The molecule has 1 amide bonds. The summed E-state index contributed by atoms with van der Waals surface area (Å²) in [5.74, 6) is 0.145. The largest absolute Gasteiger partial charge is 0.367 e. The molecule has 0 bridgehead atoms. The molecule has 0 aliphatic carbocycles. The minimum absolute atomic E-state index is 0.0155. The molecule has 8 nitrogen and oxygen atoms in total. The van der Waals surface area contributed by atoms with Crippen molar-refractivity contribution in [3.8, 4) is 6.07 Å². The van der Waals surface area contributed by atoms with Gasteiger partial charge in [0, 0.05) is 44.0 Å². The molecule has 1 N–H and O–H groups in total. The highest BCUT2D eigenvalue weighted by atomic mass is 16.6. The molecule has 2 aliphatic rings. The van der Waals surface area contributed by atoms with E-state index in [2.05, 4.69) is 35.0 Å². The number of piperazine rings is 1. The summed E-state index contributed by atoms with van der Waals surface area (Å²) < 4.78 is 0. The summed E-state index contributed by atoms with van der Waals surface area (Å²) in [5, 5.41) is 24.0. The van der Waals surface area contributed by atoms with Crippen LogP contribution in [-0.2, 0) is 11.2 Å². The lowest BCUT2D eigenvalue weighted by molar-refractivity contribution is -0.384. The molecule has 0 aromatic heterocycles. The minimum atomic E-state index is -0.388. The summed E-state index contributed by atoms with van der Waals surface area (Å²) >= 11 is 0. The van der Waals surface area contributed by atoms with Gasteiger partial charge in [0.2, 0.25) is 5.91 Å². The van der Waals surface area contributed by atoms with E-state index in [0.717, 1.165) is 23.4 Å². The molecule has 4 rings (SSSR count). The normalized spacial score (nSPS) is 19.5. The number of benzene rings is 2. The molecule has 0 radical (unpaired) electrons. The van der Waals surface area contributed by atoms with Crippen LogP contribution in [0.1, 0.15) is 31.4 Å². The second-order valence-electron chi connectivity index (χ2n) is 9.19. The molecule has 2 aromatic carbocycles. The highest BCUT2D eigenvalue weighted by Gasteiger charge is 2.42. The number of hydrogen-bond acceptors (Lipinski definition) is 6. The molecule has 2 aromatic rings. The molecule has 0 unspecified atom stereocenters. The third kappa shape index (κ3) is 4.63. The first-order chi connectivity index (χ1) is 15.9. The number of nitro groups is 1. The Morgan fingerprint density at radius 1 is 1.24 bits per heavy atom. The maximum atomic E-state index is 13.3. The van der Waals surface area contributed by atoms with Crippen molar-refractivity contribution in [3.63, 3.8) is 0 Å². The number of nitrogens with zero attached hydrogens (tertiary/aromatic N) is 4. The monoisotopic (exact) mass is 447 g/mol. The second-order valence-corrected chi connectivity index (χ2v) is 9.19. The molecule has 1 saturated heterocycles. The maximum Gasteiger partial charge on any atom is 0.269 e. The van der Waals surface area contributed by atoms with Gasteiger partial charge in [0.1, 0.15) is 6.07 Å². The van der Waals surface area contributed by atoms with Gasteiger partial charge in [0.05, 0.1) is 28.1 Å². The molecule has 0 saturated carbocycles. The maximum absolute atomic E-state index is 13.3. The number of amides is 1. The van der Waals surface area contributed by atoms with E-state index in [1.807, 2.05) is 30.3 Å². The summed E-state index contributed by atoms with van der Waals surface area (Å²) in [7, 11) is 0. The molecule has 8 heteroatoms. The number of non-ortho nitro benzene ring substituents is 1. The molecule has 2 heterocycles. The van der Waals surface area contributed by atoms with Crippen LogP contribution in [0.15, 0.2) is 42.5 Å². The molecule has 172 valence electrons. The van der Waals surface area contributed by atoms with Crippen molar-refractivity contribution in [2.75, 3.05) is 36.0 Å². The number of para-hydroxylation sites is 1. The summed E-state index contributed by atoms with van der Waals surface area (Å²) in [6, 6.07) is 14.7. The summed E-state index contributed by atoms with van der Waals surface area (Å²) in [4.78, 5) is 28.6. The quantitative estimate of drug-likeness (QED) is 0.537. The van der Waals surface area contributed by atoms with Gasteiger partial charge < -0.3 is 15.1 Å². The highest BCUT2D eigenvalue weighted by molar-refractivity contribution is 5.82. The van der Waals surface area contributed by atoms with Gasteiger partial charge in [0.25, 0.3) is 5.69 Å². The fourth-order valence-electron chi connectivity index (χ4n) is 4.90. The molecular formula is C25H29N5O3. The van der Waals surface area contributed by atoms with Crippen molar-refractivity contribution in [3.05, 3.63) is 63.7 Å². The van der Waals surface area contributed by atoms with E-state index in [1.165, 1.54) is 6.07 Å². The molecule has 2 atom stereocenters. The lowest BCUT2D eigenvalue weighted by Crippen LogP contribution is -2.61. The van der Waals surface area contributed by atoms with Crippen molar-refractivity contribution in [2.24, 2.45) is 11.8 Å². The Bertz CT molecular complexity index is 1090. The van der Waals surface area contributed by atoms with E-state index < -0.39 is 0 Å². The number of nitrogens with one attached hydrogen (secondary N) is 1. The number of rotatable bonds is 6. The summed E-state index contributed by atoms with van der Waals surface area (Å²) in [6.07, 6.45) is 1.36. The van der Waals surface area contributed by atoms with Gasteiger partial charge in [-0.1, -0.05) is 26.0 Å². The standard InChI is InChI=1S/C25H29N5O3/c1-17(2)9-10-27-25(31)21-14-19-13-20(30(32)33)7-8-23(19)29-12-11-28(16-24(21)29)22-6-4-3-5-18(22)15-26/h3-8,13,17,21,24H,9-12,14,16H2,1-2H3,(H,27,31)/t21-,24+/m1/s1. The van der Waals surface area contributed by atoms with E-state index in [-0.39, 0.29) is 28.5 Å². The summed E-state index contributed by atoms with van der Waals surface area (Å²) in [5.41, 5.74) is 3.36. The zero-order valence-corrected chi connectivity index (χ0v) is 19.0. The van der Waals surface area contributed by atoms with Crippen LogP contribution in [0.2, 0.25) is 0 Å². The fraction of sp³-hybridized carbons (Fsp3) is 0.440. The van der Waals surface area contributed by atoms with Crippen LogP contribution in [0.25, 0.3) is 0 Å². The average Bonchev–Trinajstić information content (AvgIpc) is 2.82. The average molecular weight is 448 g/mol. The zero-order valence-electron chi connectivity index (χ0n) is 19.0. The van der Waals surface area contributed by atoms with Crippen LogP contribution in [0, 0.1) is 33.3 Å². The second kappa shape index (κ2) is 9.49. The summed E-state index contributed by atoms with van der Waals surface area (Å²) in [6.45, 7) is 6.84. The van der Waals surface area contributed by atoms with E-state index in [0.29, 0.717) is 44.1 Å². The third-order valence-electron chi connectivity index (χ3n) is 6.63. The Balaban J connectivity index is 1.65. The predicted octanol–water partition coefficient (Wildman–Crippen LogP) is 3.50. The number of hydrogen-bond donors (Lipinski definition) is 1. The number of fused-ring (bicyclic) bond motifs is 3. The van der Waals surface area contributed by atoms with E-state index in [1.54, 1.807) is 6.07 Å². The van der Waals surface area contributed by atoms with Gasteiger partial charge in [-0.15, -0.1) is 0 Å². The van der Waals surface area contributed by atoms with E-state index >= 15 is 0 Å². The third-order valence-corrected chi connectivity index (χ3v) is 6.63. The Labute approximate surface area is 193 Å². The first kappa shape index (κ1) is 22.6. The zero-order chi connectivity index (χ0) is 23.5. The van der Waals surface area contributed by atoms with Crippen molar-refractivity contribution >= 4 is 23.0 Å². The number of nitriles is 1. The van der Waals surface area contributed by atoms with Crippen LogP contribution in [0.5, 0.6) is 0 Å². The van der Waals surface area contributed by atoms with Gasteiger partial charge >= 0.3 is 0 Å². The van der Waals surface area contributed by atoms with Crippen molar-refractivity contribution in [1.82, 2.24) is 5.32 Å². The highest BCUT2D eigenvalue weighted by Crippen LogP contribution is 2.39. The van der Waals surface area contributed by atoms with Crippen LogP contribution in [0.4, 0.5) is 17.1 Å². The lowest BCUT2D eigenvalue weighted by atomic mass is 9.83. The van der Waals surface area contributed by atoms with Crippen LogP contribution < -0.4 is 15.1 Å². The number of carbonyl (C=O) groups is 1. The van der Waals surface area contributed by atoms with Crippen molar-refractivity contribution < 1.29 is 9.72 Å². The SMILES string of the molecule is CC(C)CCNC(=O)[C@@H]1Cc2cc([N+](=O)[O-])ccc2N2CCN(c3ccccc3C#N)C[C@@H]12. The first-order valence-corrected chi connectivity index (χ1v) is 11.4. The van der Waals surface area contributed by atoms with Crippen LogP contribution in [-0.4, -0.2) is 43.1 Å². The van der Waals surface area contributed by atoms with Crippen molar-refractivity contribution in [2.45, 2.75) is 32.7 Å². The number of nitro benzene ring substituents is 1. The minimum Gasteiger partial charge on any atom is -0.367 e. The Kier molecular flexibility index (Phi) is 6.50. The number of anilines is 2. The molecule has 33 heavy (non-hydrogen) atoms. The van der Waals surface area contributed by atoms with Gasteiger partial charge in [-0.25, -0.2) is 0 Å². The van der Waals surface area contributed by atoms with Gasteiger partial charge in [-0.3, -0.25) is 14.9 Å². The van der Waals surface area contributed by atoms with Crippen LogP contribution >= 0.6 is 0 Å². The molecule has 1 fully saturated rings. The topological polar surface area (TPSA) is 103 Å².